The second-order valence-corrected chi connectivity index (χ2v) is 5.20. The van der Waals surface area contributed by atoms with Crippen LogP contribution in [-0.4, -0.2) is 0 Å². The first kappa shape index (κ1) is 11.6. The van der Waals surface area contributed by atoms with Crippen LogP contribution in [0, 0.1) is 24.6 Å². The van der Waals surface area contributed by atoms with Gasteiger partial charge >= 0.3 is 0 Å². The predicted octanol–water partition coefficient (Wildman–Crippen LogP) is 3.57. The first-order valence-electron chi connectivity index (χ1n) is 6.09. The quantitative estimate of drug-likeness (QED) is 0.811. The summed E-state index contributed by atoms with van der Waals surface area (Å²) in [5.74, 6) is 1.11. The molecule has 1 aliphatic carbocycles. The van der Waals surface area contributed by atoms with Crippen LogP contribution in [0.5, 0.6) is 0 Å². The molecule has 16 heavy (non-hydrogen) atoms. The zero-order valence-electron chi connectivity index (χ0n) is 10.0. The minimum atomic E-state index is -0.179. The molecule has 1 aliphatic rings. The van der Waals surface area contributed by atoms with Gasteiger partial charge in [-0.15, -0.1) is 0 Å². The molecule has 1 aromatic carbocycles. The number of rotatable bonds is 2. The van der Waals surface area contributed by atoms with E-state index in [9.17, 15) is 4.39 Å². The highest BCUT2D eigenvalue weighted by molar-refractivity contribution is 5.30. The van der Waals surface area contributed by atoms with Crippen molar-refractivity contribution in [2.75, 3.05) is 0 Å². The van der Waals surface area contributed by atoms with E-state index in [2.05, 4.69) is 6.92 Å². The molecule has 2 heteroatoms. The molecule has 0 spiro atoms. The Labute approximate surface area is 96.9 Å². The summed E-state index contributed by atoms with van der Waals surface area (Å²) >= 11 is 0. The molecule has 0 heterocycles. The minimum Gasteiger partial charge on any atom is -0.324 e. The first-order valence-corrected chi connectivity index (χ1v) is 6.09. The Morgan fingerprint density at radius 2 is 2.12 bits per heavy atom. The fourth-order valence-electron chi connectivity index (χ4n) is 2.80. The van der Waals surface area contributed by atoms with Gasteiger partial charge in [0.25, 0.3) is 0 Å². The third-order valence-corrected chi connectivity index (χ3v) is 3.84. The van der Waals surface area contributed by atoms with Crippen LogP contribution in [0.25, 0.3) is 0 Å². The van der Waals surface area contributed by atoms with Gasteiger partial charge in [0.1, 0.15) is 5.82 Å². The van der Waals surface area contributed by atoms with Gasteiger partial charge in [-0.3, -0.25) is 0 Å². The Balaban J connectivity index is 2.20. The van der Waals surface area contributed by atoms with E-state index in [0.717, 1.165) is 17.0 Å². The van der Waals surface area contributed by atoms with Crippen LogP contribution in [0.4, 0.5) is 4.39 Å². The molecule has 2 rings (SSSR count). The molecule has 2 N–H and O–H groups in total. The number of hydrogen-bond donors (Lipinski definition) is 1. The van der Waals surface area contributed by atoms with Crippen molar-refractivity contribution in [3.05, 3.63) is 35.1 Å². The van der Waals surface area contributed by atoms with E-state index in [1.165, 1.54) is 25.3 Å². The van der Waals surface area contributed by atoms with Gasteiger partial charge in [-0.1, -0.05) is 19.4 Å². The molecule has 0 aliphatic heterocycles. The Kier molecular flexibility index (Phi) is 3.29. The van der Waals surface area contributed by atoms with E-state index in [0.29, 0.717) is 5.92 Å². The second kappa shape index (κ2) is 4.54. The smallest absolute Gasteiger partial charge is 0.123 e. The molecule has 3 unspecified atom stereocenters. The highest BCUT2D eigenvalue weighted by atomic mass is 19.1. The van der Waals surface area contributed by atoms with Crippen molar-refractivity contribution in [2.45, 2.75) is 39.2 Å². The molecule has 0 radical (unpaired) electrons. The predicted molar refractivity (Wildman–Crippen MR) is 64.6 cm³/mol. The van der Waals surface area contributed by atoms with E-state index in [1.807, 2.05) is 13.0 Å². The summed E-state index contributed by atoms with van der Waals surface area (Å²) in [5, 5.41) is 0. The van der Waals surface area contributed by atoms with Gasteiger partial charge in [0.05, 0.1) is 0 Å². The van der Waals surface area contributed by atoms with Gasteiger partial charge in [-0.25, -0.2) is 4.39 Å². The van der Waals surface area contributed by atoms with E-state index in [-0.39, 0.29) is 11.9 Å². The van der Waals surface area contributed by atoms with Crippen molar-refractivity contribution >= 4 is 0 Å². The molecule has 0 saturated heterocycles. The van der Waals surface area contributed by atoms with Crippen LogP contribution in [0.1, 0.15) is 43.4 Å². The lowest BCUT2D eigenvalue weighted by Gasteiger charge is -2.21. The number of halogens is 1. The molecule has 88 valence electrons. The van der Waals surface area contributed by atoms with E-state index >= 15 is 0 Å². The number of aryl methyl sites for hydroxylation is 1. The van der Waals surface area contributed by atoms with Gasteiger partial charge in [0, 0.05) is 6.04 Å². The van der Waals surface area contributed by atoms with E-state index in [4.69, 9.17) is 5.73 Å². The van der Waals surface area contributed by atoms with Crippen LogP contribution >= 0.6 is 0 Å². The molecular formula is C14H20FN. The summed E-state index contributed by atoms with van der Waals surface area (Å²) in [6.45, 7) is 4.28. The first-order chi connectivity index (χ1) is 7.58. The summed E-state index contributed by atoms with van der Waals surface area (Å²) < 4.78 is 13.2. The second-order valence-electron chi connectivity index (χ2n) is 5.20. The van der Waals surface area contributed by atoms with Gasteiger partial charge in [-0.2, -0.15) is 0 Å². The summed E-state index contributed by atoms with van der Waals surface area (Å²) in [7, 11) is 0. The normalized spacial score (nSPS) is 27.0. The van der Waals surface area contributed by atoms with Crippen LogP contribution in [0.15, 0.2) is 18.2 Å². The van der Waals surface area contributed by atoms with Crippen LogP contribution in [-0.2, 0) is 0 Å². The largest absolute Gasteiger partial charge is 0.324 e. The summed E-state index contributed by atoms with van der Waals surface area (Å²) in [5.41, 5.74) is 8.36. The van der Waals surface area contributed by atoms with E-state index < -0.39 is 0 Å². The lowest BCUT2D eigenvalue weighted by molar-refractivity contribution is 0.426. The number of hydrogen-bond acceptors (Lipinski definition) is 1. The third-order valence-electron chi connectivity index (χ3n) is 3.84. The molecule has 0 aromatic heterocycles. The maximum absolute atomic E-state index is 13.2. The number of nitrogens with two attached hydrogens (primary N) is 1. The molecule has 0 amide bonds. The summed E-state index contributed by atoms with van der Waals surface area (Å²) in [4.78, 5) is 0. The highest BCUT2D eigenvalue weighted by Gasteiger charge is 2.28. The molecule has 0 bridgehead atoms. The SMILES string of the molecule is Cc1ccc(F)cc1C(N)C1CCC(C)C1. The lowest BCUT2D eigenvalue weighted by atomic mass is 9.89. The standard InChI is InChI=1S/C14H20FN/c1-9-3-5-11(7-9)14(16)13-8-12(15)6-4-10(13)2/h4,6,8-9,11,14H,3,5,7,16H2,1-2H3. The van der Waals surface area contributed by atoms with Crippen molar-refractivity contribution in [3.63, 3.8) is 0 Å². The Bertz CT molecular complexity index is 375. The fourth-order valence-corrected chi connectivity index (χ4v) is 2.80. The van der Waals surface area contributed by atoms with E-state index in [1.54, 1.807) is 6.07 Å². The summed E-state index contributed by atoms with van der Waals surface area (Å²) in [6, 6.07) is 4.93. The maximum atomic E-state index is 13.2. The monoisotopic (exact) mass is 221 g/mol. The van der Waals surface area contributed by atoms with Gasteiger partial charge in [0.2, 0.25) is 0 Å². The Morgan fingerprint density at radius 3 is 2.75 bits per heavy atom. The van der Waals surface area contributed by atoms with Crippen LogP contribution in [0.3, 0.4) is 0 Å². The molecular weight excluding hydrogens is 201 g/mol. The molecule has 1 nitrogen and oxygen atoms in total. The van der Waals surface area contributed by atoms with Crippen molar-refractivity contribution in [2.24, 2.45) is 17.6 Å². The average molecular weight is 221 g/mol. The van der Waals surface area contributed by atoms with Gasteiger partial charge < -0.3 is 5.73 Å². The van der Waals surface area contributed by atoms with Gasteiger partial charge in [0.15, 0.2) is 0 Å². The topological polar surface area (TPSA) is 26.0 Å². The third kappa shape index (κ3) is 2.27. The Morgan fingerprint density at radius 1 is 1.38 bits per heavy atom. The van der Waals surface area contributed by atoms with Crippen molar-refractivity contribution in [1.82, 2.24) is 0 Å². The molecule has 3 atom stereocenters. The molecule has 1 saturated carbocycles. The summed E-state index contributed by atoms with van der Waals surface area (Å²) in [6.07, 6.45) is 3.61. The van der Waals surface area contributed by atoms with Crippen LogP contribution < -0.4 is 5.73 Å². The maximum Gasteiger partial charge on any atom is 0.123 e. The fraction of sp³-hybridized carbons (Fsp3) is 0.571. The Hall–Kier alpha value is -0.890. The zero-order chi connectivity index (χ0) is 11.7. The highest BCUT2D eigenvalue weighted by Crippen LogP contribution is 2.38. The van der Waals surface area contributed by atoms with Crippen LogP contribution in [0.2, 0.25) is 0 Å². The minimum absolute atomic E-state index is 0.000602. The van der Waals surface area contributed by atoms with Crippen molar-refractivity contribution in [3.8, 4) is 0 Å². The number of benzene rings is 1. The van der Waals surface area contributed by atoms with Crippen molar-refractivity contribution < 1.29 is 4.39 Å². The van der Waals surface area contributed by atoms with Crippen molar-refractivity contribution in [1.29, 1.82) is 0 Å². The average Bonchev–Trinajstić information content (AvgIpc) is 2.67. The zero-order valence-corrected chi connectivity index (χ0v) is 10.0. The van der Waals surface area contributed by atoms with Gasteiger partial charge in [-0.05, 0) is 54.9 Å². The molecule has 1 aromatic rings. The molecule has 1 fully saturated rings. The lowest BCUT2D eigenvalue weighted by Crippen LogP contribution is -2.20.